The van der Waals surface area contributed by atoms with Crippen LogP contribution in [0.15, 0.2) is 29.2 Å². The fraction of sp³-hybridized carbons (Fsp3) is 0.588. The molecule has 0 radical (unpaired) electrons. The number of carbonyl (C=O) groups excluding carboxylic acids is 1. The first-order valence-corrected chi connectivity index (χ1v) is 9.10. The first-order chi connectivity index (χ1) is 10.2. The van der Waals surface area contributed by atoms with E-state index in [9.17, 15) is 4.79 Å². The molecule has 1 aromatic carbocycles. The lowest BCUT2D eigenvalue weighted by molar-refractivity contribution is -0.121. The minimum absolute atomic E-state index is 0.220. The van der Waals surface area contributed by atoms with Gasteiger partial charge in [-0.2, -0.15) is 0 Å². The third kappa shape index (κ3) is 3.95. The van der Waals surface area contributed by atoms with Crippen LogP contribution in [0, 0.1) is 5.92 Å². The fourth-order valence-electron chi connectivity index (χ4n) is 3.01. The number of nitrogens with one attached hydrogen (secondary N) is 1. The molecule has 0 bridgehead atoms. The lowest BCUT2D eigenvalue weighted by Gasteiger charge is -2.23. The third-order valence-electron chi connectivity index (χ3n) is 4.52. The van der Waals surface area contributed by atoms with E-state index in [4.69, 9.17) is 11.6 Å². The van der Waals surface area contributed by atoms with Crippen LogP contribution in [-0.4, -0.2) is 17.2 Å². The van der Waals surface area contributed by atoms with Gasteiger partial charge in [-0.25, -0.2) is 0 Å². The Hall–Kier alpha value is -0.670. The fourth-order valence-corrected chi connectivity index (χ4v) is 4.33. The predicted molar refractivity (Wildman–Crippen MR) is 88.9 cm³/mol. The van der Waals surface area contributed by atoms with Gasteiger partial charge in [-0.15, -0.1) is 11.8 Å². The Bertz CT molecular complexity index is 492. The van der Waals surface area contributed by atoms with E-state index in [1.54, 1.807) is 11.8 Å². The monoisotopic (exact) mass is 323 g/mol. The van der Waals surface area contributed by atoms with Crippen LogP contribution >= 0.6 is 23.4 Å². The van der Waals surface area contributed by atoms with Crippen LogP contribution in [0.25, 0.3) is 0 Å². The highest BCUT2D eigenvalue weighted by Gasteiger charge is 2.50. The van der Waals surface area contributed by atoms with Gasteiger partial charge in [0.2, 0.25) is 5.91 Å². The molecule has 2 aliphatic rings. The Kier molecular flexibility index (Phi) is 4.80. The summed E-state index contributed by atoms with van der Waals surface area (Å²) in [5.41, 5.74) is 0. The van der Waals surface area contributed by atoms with Crippen LogP contribution in [0.1, 0.15) is 44.9 Å². The summed E-state index contributed by atoms with van der Waals surface area (Å²) >= 11 is 7.60. The van der Waals surface area contributed by atoms with Gasteiger partial charge < -0.3 is 5.32 Å². The second-order valence-electron chi connectivity index (χ2n) is 6.26. The van der Waals surface area contributed by atoms with E-state index in [1.165, 1.54) is 32.1 Å². The molecular weight excluding hydrogens is 302 g/mol. The molecule has 2 saturated carbocycles. The average Bonchev–Trinajstić information content (AvgIpc) is 3.29. The second-order valence-corrected chi connectivity index (χ2v) is 8.16. The van der Waals surface area contributed by atoms with Crippen molar-refractivity contribution in [3.05, 3.63) is 29.3 Å². The normalized spacial score (nSPS) is 21.0. The average molecular weight is 324 g/mol. The first kappa shape index (κ1) is 15.2. The van der Waals surface area contributed by atoms with Crippen molar-refractivity contribution in [2.24, 2.45) is 5.92 Å². The molecule has 1 amide bonds. The van der Waals surface area contributed by atoms with Gasteiger partial charge in [0.1, 0.15) is 0 Å². The van der Waals surface area contributed by atoms with Gasteiger partial charge in [0, 0.05) is 16.5 Å². The molecule has 2 aliphatic carbocycles. The molecule has 114 valence electrons. The Morgan fingerprint density at radius 2 is 1.86 bits per heavy atom. The number of rotatable bonds is 5. The summed E-state index contributed by atoms with van der Waals surface area (Å²) in [6.45, 7) is 0.863. The standard InChI is InChI=1S/C17H22ClNOS/c18-14-6-8-15(9-7-14)21-17(10-11-17)16(20)19-12-13-4-2-1-3-5-13/h6-9,13H,1-5,10-12H2,(H,19,20). The number of thioether (sulfide) groups is 1. The maximum Gasteiger partial charge on any atom is 0.236 e. The summed E-state index contributed by atoms with van der Waals surface area (Å²) < 4.78 is -0.220. The number of carbonyl (C=O) groups is 1. The molecule has 1 N–H and O–H groups in total. The Morgan fingerprint density at radius 3 is 2.48 bits per heavy atom. The van der Waals surface area contributed by atoms with Gasteiger partial charge in [0.15, 0.2) is 0 Å². The molecule has 0 heterocycles. The van der Waals surface area contributed by atoms with Crippen molar-refractivity contribution < 1.29 is 4.79 Å². The largest absolute Gasteiger partial charge is 0.355 e. The summed E-state index contributed by atoms with van der Waals surface area (Å²) in [6, 6.07) is 7.78. The van der Waals surface area contributed by atoms with Gasteiger partial charge in [0.05, 0.1) is 4.75 Å². The number of benzene rings is 1. The Labute approximate surface area is 136 Å². The van der Waals surface area contributed by atoms with E-state index < -0.39 is 0 Å². The van der Waals surface area contributed by atoms with Crippen molar-refractivity contribution in [2.45, 2.75) is 54.6 Å². The zero-order chi connectivity index (χ0) is 14.7. The molecule has 21 heavy (non-hydrogen) atoms. The summed E-state index contributed by atoms with van der Waals surface area (Å²) in [4.78, 5) is 13.6. The number of halogens is 1. The van der Waals surface area contributed by atoms with E-state index >= 15 is 0 Å². The van der Waals surface area contributed by atoms with Crippen molar-refractivity contribution in [1.29, 1.82) is 0 Å². The second kappa shape index (κ2) is 6.62. The van der Waals surface area contributed by atoms with Crippen molar-refractivity contribution in [3.8, 4) is 0 Å². The Balaban J connectivity index is 1.52. The maximum absolute atomic E-state index is 12.5. The van der Waals surface area contributed by atoms with Crippen LogP contribution in [0.5, 0.6) is 0 Å². The number of hydrogen-bond donors (Lipinski definition) is 1. The molecule has 0 spiro atoms. The summed E-state index contributed by atoms with van der Waals surface area (Å²) in [5.74, 6) is 0.923. The van der Waals surface area contributed by atoms with Crippen LogP contribution in [0.4, 0.5) is 0 Å². The number of hydrogen-bond acceptors (Lipinski definition) is 2. The van der Waals surface area contributed by atoms with Crippen LogP contribution in [0.3, 0.4) is 0 Å². The summed E-state index contributed by atoms with van der Waals surface area (Å²) in [6.07, 6.45) is 8.53. The quantitative estimate of drug-likeness (QED) is 0.853. The van der Waals surface area contributed by atoms with E-state index in [2.05, 4.69) is 5.32 Å². The molecule has 2 fully saturated rings. The molecule has 0 unspecified atom stereocenters. The highest BCUT2D eigenvalue weighted by Crippen LogP contribution is 2.52. The van der Waals surface area contributed by atoms with Crippen molar-refractivity contribution >= 4 is 29.3 Å². The van der Waals surface area contributed by atoms with E-state index in [0.717, 1.165) is 29.3 Å². The summed E-state index contributed by atoms with van der Waals surface area (Å²) in [7, 11) is 0. The predicted octanol–water partition coefficient (Wildman–Crippen LogP) is 4.66. The van der Waals surface area contributed by atoms with Crippen molar-refractivity contribution in [1.82, 2.24) is 5.32 Å². The molecule has 0 saturated heterocycles. The SMILES string of the molecule is O=C(NCC1CCCCC1)C1(Sc2ccc(Cl)cc2)CC1. The lowest BCUT2D eigenvalue weighted by Crippen LogP contribution is -2.37. The molecule has 1 aromatic rings. The highest BCUT2D eigenvalue weighted by atomic mass is 35.5. The molecule has 3 rings (SSSR count). The van der Waals surface area contributed by atoms with E-state index in [1.807, 2.05) is 24.3 Å². The topological polar surface area (TPSA) is 29.1 Å². The molecule has 2 nitrogen and oxygen atoms in total. The maximum atomic E-state index is 12.5. The molecule has 4 heteroatoms. The van der Waals surface area contributed by atoms with Crippen LogP contribution < -0.4 is 5.32 Å². The minimum atomic E-state index is -0.220. The molecular formula is C17H22ClNOS. The first-order valence-electron chi connectivity index (χ1n) is 7.91. The highest BCUT2D eigenvalue weighted by molar-refractivity contribution is 8.01. The van der Waals surface area contributed by atoms with Gasteiger partial charge in [0.25, 0.3) is 0 Å². The van der Waals surface area contributed by atoms with Crippen LogP contribution in [-0.2, 0) is 4.79 Å². The Morgan fingerprint density at radius 1 is 1.19 bits per heavy atom. The van der Waals surface area contributed by atoms with Gasteiger partial charge in [-0.3, -0.25) is 4.79 Å². The zero-order valence-electron chi connectivity index (χ0n) is 12.2. The molecule has 0 atom stereocenters. The third-order valence-corrected chi connectivity index (χ3v) is 6.27. The van der Waals surface area contributed by atoms with E-state index in [0.29, 0.717) is 5.92 Å². The summed E-state index contributed by atoms with van der Waals surface area (Å²) in [5, 5.41) is 3.94. The van der Waals surface area contributed by atoms with E-state index in [-0.39, 0.29) is 10.7 Å². The van der Waals surface area contributed by atoms with Gasteiger partial charge in [-0.05, 0) is 55.9 Å². The van der Waals surface area contributed by atoms with Gasteiger partial charge >= 0.3 is 0 Å². The van der Waals surface area contributed by atoms with Crippen molar-refractivity contribution in [3.63, 3.8) is 0 Å². The van der Waals surface area contributed by atoms with Crippen LogP contribution in [0.2, 0.25) is 5.02 Å². The molecule has 0 aromatic heterocycles. The zero-order valence-corrected chi connectivity index (χ0v) is 13.8. The van der Waals surface area contributed by atoms with Gasteiger partial charge in [-0.1, -0.05) is 30.9 Å². The molecule has 0 aliphatic heterocycles. The minimum Gasteiger partial charge on any atom is -0.355 e. The smallest absolute Gasteiger partial charge is 0.236 e. The lowest BCUT2D eigenvalue weighted by atomic mass is 9.89. The number of amides is 1. The van der Waals surface area contributed by atoms with Crippen molar-refractivity contribution in [2.75, 3.05) is 6.54 Å².